The molecular formula is C57H82N2O17. The minimum Gasteiger partial charge on any atom is -0.481 e. The number of nitrogen functional groups attached to an aromatic ring is 1. The van der Waals surface area contributed by atoms with Crippen LogP contribution in [0.25, 0.3) is 0 Å². The molecule has 15 unspecified atom stereocenters. The van der Waals surface area contributed by atoms with Gasteiger partial charge in [0.2, 0.25) is 0 Å². The minimum absolute atomic E-state index is 0.0609. The molecule has 19 heteroatoms. The van der Waals surface area contributed by atoms with Crippen LogP contribution >= 0.6 is 0 Å². The maximum absolute atomic E-state index is 13.2. The van der Waals surface area contributed by atoms with Crippen LogP contribution in [-0.4, -0.2) is 155 Å². The summed E-state index contributed by atoms with van der Waals surface area (Å²) in [5.41, 5.74) is 12.8. The molecule has 19 nitrogen and oxygen atoms in total. The Morgan fingerprint density at radius 3 is 1.95 bits per heavy atom. The Bertz CT molecular complexity index is 2180. The van der Waals surface area contributed by atoms with Crippen molar-refractivity contribution in [2.24, 2.45) is 23.5 Å². The van der Waals surface area contributed by atoms with Crippen LogP contribution in [0.3, 0.4) is 0 Å². The minimum atomic E-state index is -2.25. The standard InChI is InChI=1S/C57H82N2O17/c1-36-16-13-11-9-7-5-3-4-6-8-10-12-14-19-46(74-53-32-47(59)50(68)35-73-53)31-51-54(56(70)71)49(67)34-57(72,76-51)33-45(65)28-44(64)27-43(63)26-40(60)17-15-18-41(61)30-52(69)75-55(36)37(2)20-25-42(62)29-48(66)38-21-23-39(58)24-22-38/h3-14,16,19,21-24,36-37,40,42-47,49-51,53-55,60,62-65,67-68,72H,15,17-18,20,25-35,58-59H2,1-2H3,(H,70,71)/b4-3+,7-5+,8-6+,11-9+,12-10+,16-13+,19-14+/t36?,37?,40?,42?,43?,44?,45?,46?,47-,49?,50?,51?,53?,54?,55?,57?/m1/s1. The number of cyclic esters (lactones) is 1. The first-order valence-electron chi connectivity index (χ1n) is 26.3. The highest BCUT2D eigenvalue weighted by atomic mass is 16.7. The normalized spacial score (nSPS) is 36.5. The largest absolute Gasteiger partial charge is 0.481 e. The van der Waals surface area contributed by atoms with E-state index in [2.05, 4.69) is 0 Å². The van der Waals surface area contributed by atoms with Crippen molar-refractivity contribution in [3.8, 4) is 0 Å². The third-order valence-electron chi connectivity index (χ3n) is 13.6. The lowest BCUT2D eigenvalue weighted by molar-refractivity contribution is -0.303. The van der Waals surface area contributed by atoms with E-state index in [0.29, 0.717) is 17.7 Å². The zero-order valence-electron chi connectivity index (χ0n) is 43.6. The molecule has 0 saturated carbocycles. The third-order valence-corrected chi connectivity index (χ3v) is 13.6. The van der Waals surface area contributed by atoms with Crippen LogP contribution in [0.4, 0.5) is 5.69 Å². The van der Waals surface area contributed by atoms with E-state index < -0.39 is 122 Å². The number of nitrogens with two attached hydrogens (primary N) is 2. The van der Waals surface area contributed by atoms with Crippen molar-refractivity contribution < 1.29 is 84.1 Å². The summed E-state index contributed by atoms with van der Waals surface area (Å²) < 4.78 is 23.7. The van der Waals surface area contributed by atoms with Crippen LogP contribution in [0.15, 0.2) is 109 Å². The average molecular weight is 1070 g/mol. The molecule has 13 N–H and O–H groups in total. The number of rotatable bonds is 10. The Balaban J connectivity index is 1.50. The number of carbonyl (C=O) groups is 4. The van der Waals surface area contributed by atoms with E-state index in [1.807, 2.05) is 50.3 Å². The third kappa shape index (κ3) is 23.3. The van der Waals surface area contributed by atoms with Gasteiger partial charge in [0.15, 0.2) is 17.9 Å². The molecule has 3 aliphatic rings. The molecule has 2 saturated heterocycles. The van der Waals surface area contributed by atoms with Gasteiger partial charge >= 0.3 is 11.9 Å². The fourth-order valence-corrected chi connectivity index (χ4v) is 9.55. The lowest BCUT2D eigenvalue weighted by Crippen LogP contribution is -2.56. The molecule has 3 aliphatic heterocycles. The second-order valence-electron chi connectivity index (χ2n) is 20.5. The van der Waals surface area contributed by atoms with Crippen LogP contribution in [-0.2, 0) is 33.3 Å². The molecule has 422 valence electrons. The lowest BCUT2D eigenvalue weighted by atomic mass is 9.82. The van der Waals surface area contributed by atoms with Gasteiger partial charge in [0.1, 0.15) is 24.2 Å². The van der Waals surface area contributed by atoms with Gasteiger partial charge in [0, 0.05) is 61.7 Å². The Kier molecular flexibility index (Phi) is 27.3. The predicted octanol–water partition coefficient (Wildman–Crippen LogP) is 3.96. The van der Waals surface area contributed by atoms with Crippen LogP contribution in [0, 0.1) is 17.8 Å². The molecular weight excluding hydrogens is 985 g/mol. The van der Waals surface area contributed by atoms with E-state index in [1.54, 1.807) is 72.9 Å². The monoisotopic (exact) mass is 1070 g/mol. The second kappa shape index (κ2) is 32.7. The highest BCUT2D eigenvalue weighted by Crippen LogP contribution is 2.38. The number of Topliss-reactive ketones (excluding diaryl/α,β-unsaturated/α-hetero) is 2. The summed E-state index contributed by atoms with van der Waals surface area (Å²) in [6.07, 6.45) is 10.6. The smallest absolute Gasteiger partial charge is 0.313 e. The highest BCUT2D eigenvalue weighted by Gasteiger charge is 2.50. The summed E-state index contributed by atoms with van der Waals surface area (Å²) in [6.45, 7) is 3.65. The average Bonchev–Trinajstić information content (AvgIpc) is 3.33. The van der Waals surface area contributed by atoms with Gasteiger partial charge in [-0.05, 0) is 75.1 Å². The zero-order valence-corrected chi connectivity index (χ0v) is 43.6. The van der Waals surface area contributed by atoms with Crippen molar-refractivity contribution in [3.05, 3.63) is 115 Å². The number of aliphatic carboxylic acids is 1. The predicted molar refractivity (Wildman–Crippen MR) is 283 cm³/mol. The zero-order chi connectivity index (χ0) is 55.8. The van der Waals surface area contributed by atoms with Crippen molar-refractivity contribution in [2.75, 3.05) is 12.3 Å². The number of allylic oxidation sites excluding steroid dienone is 12. The topological polar surface area (TPSA) is 339 Å². The maximum atomic E-state index is 13.2. The molecule has 0 aromatic heterocycles. The molecule has 3 heterocycles. The second-order valence-corrected chi connectivity index (χ2v) is 20.5. The number of benzene rings is 1. The molecule has 1 aromatic rings. The first kappa shape index (κ1) is 63.5. The molecule has 1 aromatic carbocycles. The van der Waals surface area contributed by atoms with E-state index >= 15 is 0 Å². The molecule has 4 rings (SSSR count). The number of carboxylic acid groups (broad SMARTS) is 1. The van der Waals surface area contributed by atoms with E-state index in [9.17, 15) is 65.1 Å². The van der Waals surface area contributed by atoms with Crippen molar-refractivity contribution >= 4 is 29.2 Å². The van der Waals surface area contributed by atoms with Crippen molar-refractivity contribution in [1.82, 2.24) is 0 Å². The van der Waals surface area contributed by atoms with Gasteiger partial charge in [-0.1, -0.05) is 98.9 Å². The molecule has 2 bridgehead atoms. The summed E-state index contributed by atoms with van der Waals surface area (Å²) in [5.74, 6) is -7.14. The summed E-state index contributed by atoms with van der Waals surface area (Å²) in [5, 5.41) is 96.9. The number of aliphatic hydroxyl groups is 8. The van der Waals surface area contributed by atoms with E-state index in [1.165, 1.54) is 0 Å². The van der Waals surface area contributed by atoms with Crippen molar-refractivity contribution in [3.63, 3.8) is 0 Å². The van der Waals surface area contributed by atoms with Gasteiger partial charge in [-0.2, -0.15) is 0 Å². The summed E-state index contributed by atoms with van der Waals surface area (Å²) in [4.78, 5) is 51.5. The van der Waals surface area contributed by atoms with Gasteiger partial charge in [0.05, 0.1) is 61.5 Å². The first-order valence-corrected chi connectivity index (χ1v) is 26.3. The fraction of sp³-hybridized carbons (Fsp3) is 0.579. The number of carbonyl (C=O) groups excluding carboxylic acids is 3. The Labute approximate surface area is 445 Å². The first-order chi connectivity index (χ1) is 36.1. The van der Waals surface area contributed by atoms with E-state index in [-0.39, 0.29) is 88.4 Å². The SMILES string of the molecule is CC1/C=C/C=C/C=C/C=C/C=C/C=C/C=C/C(OC2C[C@@H](N)C(O)CO2)CC2OC(O)(CC(O)CC(O)CC(O)CC(O)CCCC(=O)CC(=O)OC1C(C)CCC(O)CC(=O)c1ccc(N)cc1)CC(O)C2C(=O)O. The van der Waals surface area contributed by atoms with Gasteiger partial charge < -0.3 is 76.4 Å². The summed E-state index contributed by atoms with van der Waals surface area (Å²) in [7, 11) is 0. The van der Waals surface area contributed by atoms with Crippen LogP contribution in [0.5, 0.6) is 0 Å². The van der Waals surface area contributed by atoms with Gasteiger partial charge in [-0.25, -0.2) is 0 Å². The molecule has 0 amide bonds. The molecule has 76 heavy (non-hydrogen) atoms. The number of carboxylic acids is 1. The van der Waals surface area contributed by atoms with E-state index in [4.69, 9.17) is 30.4 Å². The van der Waals surface area contributed by atoms with Crippen molar-refractivity contribution in [2.45, 2.75) is 183 Å². The number of hydrogen-bond donors (Lipinski definition) is 11. The molecule has 0 radical (unpaired) electrons. The van der Waals surface area contributed by atoms with Crippen LogP contribution in [0.2, 0.25) is 0 Å². The Morgan fingerprint density at radius 2 is 1.34 bits per heavy atom. The summed E-state index contributed by atoms with van der Waals surface area (Å²) >= 11 is 0. The van der Waals surface area contributed by atoms with Crippen LogP contribution < -0.4 is 11.5 Å². The van der Waals surface area contributed by atoms with Crippen LogP contribution in [0.1, 0.15) is 114 Å². The number of esters is 1. The number of aliphatic hydroxyl groups excluding tert-OH is 7. The highest BCUT2D eigenvalue weighted by molar-refractivity contribution is 5.96. The number of ketones is 2. The maximum Gasteiger partial charge on any atom is 0.313 e. The summed E-state index contributed by atoms with van der Waals surface area (Å²) in [6, 6.07) is 5.79. The number of hydrogen-bond acceptors (Lipinski definition) is 18. The molecule has 0 spiro atoms. The molecule has 2 fully saturated rings. The van der Waals surface area contributed by atoms with Crippen molar-refractivity contribution in [1.29, 1.82) is 0 Å². The number of ether oxygens (including phenoxy) is 4. The number of fused-ring (bicyclic) bond motifs is 2. The van der Waals surface area contributed by atoms with Gasteiger partial charge in [-0.3, -0.25) is 19.2 Å². The lowest BCUT2D eigenvalue weighted by Gasteiger charge is -2.44. The fourth-order valence-electron chi connectivity index (χ4n) is 9.55. The number of anilines is 1. The molecule has 16 atom stereocenters. The Morgan fingerprint density at radius 1 is 0.763 bits per heavy atom. The molecule has 0 aliphatic carbocycles. The van der Waals surface area contributed by atoms with Gasteiger partial charge in [0.25, 0.3) is 0 Å². The Hall–Kier alpha value is -5.00. The quantitative estimate of drug-likeness (QED) is 0.0684. The van der Waals surface area contributed by atoms with Gasteiger partial charge in [-0.15, -0.1) is 0 Å². The van der Waals surface area contributed by atoms with E-state index in [0.717, 1.165) is 0 Å².